The topological polar surface area (TPSA) is 75.6 Å². The number of hydrogen-bond donors (Lipinski definition) is 2. The van der Waals surface area contributed by atoms with E-state index in [1.54, 1.807) is 19.1 Å². The number of hydrogen-bond acceptors (Lipinski definition) is 3. The van der Waals surface area contributed by atoms with Crippen LogP contribution in [0.1, 0.15) is 23.6 Å². The summed E-state index contributed by atoms with van der Waals surface area (Å²) in [5.74, 6) is -0.820. The number of nitrogens with one attached hydrogen (secondary N) is 1. The standard InChI is InChI=1S/C21H25NO4/c1-15-3-5-17(6-4-15)11-12-22-20(23)14-26-19-9-7-18(8-10-19)13-16(2)21(24)25/h3-10,16H,11-14H2,1-2H3,(H,22,23)(H,24,25)/t16-/m0/s1. The molecule has 0 saturated heterocycles. The van der Waals surface area contributed by atoms with E-state index in [1.807, 2.05) is 19.1 Å². The summed E-state index contributed by atoms with van der Waals surface area (Å²) in [7, 11) is 0. The lowest BCUT2D eigenvalue weighted by Gasteiger charge is -2.09. The van der Waals surface area contributed by atoms with Crippen molar-refractivity contribution in [2.45, 2.75) is 26.7 Å². The molecule has 1 atom stereocenters. The van der Waals surface area contributed by atoms with Crippen LogP contribution in [0, 0.1) is 12.8 Å². The van der Waals surface area contributed by atoms with Gasteiger partial charge in [0.1, 0.15) is 5.75 Å². The van der Waals surface area contributed by atoms with E-state index in [0.29, 0.717) is 18.7 Å². The van der Waals surface area contributed by atoms with Gasteiger partial charge in [0.15, 0.2) is 6.61 Å². The molecule has 0 aliphatic carbocycles. The van der Waals surface area contributed by atoms with Crippen LogP contribution < -0.4 is 10.1 Å². The summed E-state index contributed by atoms with van der Waals surface area (Å²) in [5.41, 5.74) is 3.33. The molecule has 2 aromatic rings. The third-order valence-electron chi connectivity index (χ3n) is 4.11. The predicted octanol–water partition coefficient (Wildman–Crippen LogP) is 3.00. The Morgan fingerprint density at radius 3 is 2.27 bits per heavy atom. The average Bonchev–Trinajstić information content (AvgIpc) is 2.62. The Morgan fingerprint density at radius 2 is 1.65 bits per heavy atom. The summed E-state index contributed by atoms with van der Waals surface area (Å²) in [6.07, 6.45) is 1.25. The summed E-state index contributed by atoms with van der Waals surface area (Å²) in [6.45, 7) is 4.24. The van der Waals surface area contributed by atoms with Crippen molar-refractivity contribution in [3.63, 3.8) is 0 Å². The summed E-state index contributed by atoms with van der Waals surface area (Å²) < 4.78 is 5.47. The molecule has 26 heavy (non-hydrogen) atoms. The van der Waals surface area contributed by atoms with Crippen molar-refractivity contribution in [3.8, 4) is 5.75 Å². The van der Waals surface area contributed by atoms with Crippen molar-refractivity contribution in [3.05, 3.63) is 65.2 Å². The summed E-state index contributed by atoms with van der Waals surface area (Å²) in [4.78, 5) is 22.7. The minimum Gasteiger partial charge on any atom is -0.484 e. The van der Waals surface area contributed by atoms with Crippen molar-refractivity contribution in [1.82, 2.24) is 5.32 Å². The second-order valence-electron chi connectivity index (χ2n) is 6.46. The zero-order chi connectivity index (χ0) is 18.9. The first-order valence-corrected chi connectivity index (χ1v) is 8.71. The van der Waals surface area contributed by atoms with Crippen LogP contribution in [0.4, 0.5) is 0 Å². The smallest absolute Gasteiger partial charge is 0.306 e. The fourth-order valence-corrected chi connectivity index (χ4v) is 2.46. The largest absolute Gasteiger partial charge is 0.484 e. The molecule has 2 aromatic carbocycles. The second-order valence-corrected chi connectivity index (χ2v) is 6.46. The van der Waals surface area contributed by atoms with Crippen molar-refractivity contribution in [2.24, 2.45) is 5.92 Å². The molecular formula is C21H25NO4. The third kappa shape index (κ3) is 6.59. The minimum absolute atomic E-state index is 0.0429. The highest BCUT2D eigenvalue weighted by molar-refractivity contribution is 5.77. The van der Waals surface area contributed by atoms with Crippen LogP contribution in [0.5, 0.6) is 5.75 Å². The first-order chi connectivity index (χ1) is 12.4. The van der Waals surface area contributed by atoms with E-state index in [0.717, 1.165) is 12.0 Å². The molecule has 5 nitrogen and oxygen atoms in total. The highest BCUT2D eigenvalue weighted by Gasteiger charge is 2.11. The molecule has 138 valence electrons. The first-order valence-electron chi connectivity index (χ1n) is 8.71. The van der Waals surface area contributed by atoms with Crippen LogP contribution >= 0.6 is 0 Å². The van der Waals surface area contributed by atoms with E-state index >= 15 is 0 Å². The maximum Gasteiger partial charge on any atom is 0.306 e. The molecule has 0 aliphatic rings. The van der Waals surface area contributed by atoms with Gasteiger partial charge in [-0.25, -0.2) is 0 Å². The van der Waals surface area contributed by atoms with E-state index in [-0.39, 0.29) is 12.5 Å². The number of aryl methyl sites for hydroxylation is 1. The van der Waals surface area contributed by atoms with Gasteiger partial charge in [0, 0.05) is 6.54 Å². The molecule has 0 aliphatic heterocycles. The van der Waals surface area contributed by atoms with Gasteiger partial charge < -0.3 is 15.2 Å². The van der Waals surface area contributed by atoms with Crippen LogP contribution in [0.15, 0.2) is 48.5 Å². The van der Waals surface area contributed by atoms with Crippen LogP contribution in [0.25, 0.3) is 0 Å². The van der Waals surface area contributed by atoms with Crippen molar-refractivity contribution < 1.29 is 19.4 Å². The number of aliphatic carboxylic acids is 1. The number of rotatable bonds is 9. The Bertz CT molecular complexity index is 723. The van der Waals surface area contributed by atoms with Gasteiger partial charge in [-0.15, -0.1) is 0 Å². The van der Waals surface area contributed by atoms with Gasteiger partial charge >= 0.3 is 5.97 Å². The quantitative estimate of drug-likeness (QED) is 0.725. The maximum atomic E-state index is 11.8. The fourth-order valence-electron chi connectivity index (χ4n) is 2.46. The van der Waals surface area contributed by atoms with Gasteiger partial charge in [-0.3, -0.25) is 9.59 Å². The SMILES string of the molecule is Cc1ccc(CCNC(=O)COc2ccc(C[C@H](C)C(=O)O)cc2)cc1. The number of carbonyl (C=O) groups excluding carboxylic acids is 1. The Kier molecular flexibility index (Phi) is 7.21. The lowest BCUT2D eigenvalue weighted by atomic mass is 10.0. The van der Waals surface area contributed by atoms with Crippen molar-refractivity contribution in [2.75, 3.05) is 13.2 Å². The van der Waals surface area contributed by atoms with E-state index < -0.39 is 11.9 Å². The lowest BCUT2D eigenvalue weighted by Crippen LogP contribution is -2.30. The number of amides is 1. The molecular weight excluding hydrogens is 330 g/mol. The Labute approximate surface area is 154 Å². The molecule has 0 radical (unpaired) electrons. The van der Waals surface area contributed by atoms with E-state index in [9.17, 15) is 9.59 Å². The van der Waals surface area contributed by atoms with Gasteiger partial charge in [-0.2, -0.15) is 0 Å². The predicted molar refractivity (Wildman–Crippen MR) is 100 cm³/mol. The van der Waals surface area contributed by atoms with Crippen LogP contribution in [0.3, 0.4) is 0 Å². The molecule has 0 heterocycles. The molecule has 0 fully saturated rings. The Hall–Kier alpha value is -2.82. The van der Waals surface area contributed by atoms with Crippen LogP contribution in [0.2, 0.25) is 0 Å². The molecule has 2 rings (SSSR count). The molecule has 2 N–H and O–H groups in total. The second kappa shape index (κ2) is 9.61. The van der Waals surface area contributed by atoms with Gasteiger partial charge in [-0.05, 0) is 43.0 Å². The number of benzene rings is 2. The van der Waals surface area contributed by atoms with Crippen LogP contribution in [-0.4, -0.2) is 30.1 Å². The van der Waals surface area contributed by atoms with Gasteiger partial charge in [0.2, 0.25) is 0 Å². The molecule has 0 saturated carbocycles. The monoisotopic (exact) mass is 355 g/mol. The molecule has 5 heteroatoms. The van der Waals surface area contributed by atoms with E-state index in [1.165, 1.54) is 11.1 Å². The zero-order valence-corrected chi connectivity index (χ0v) is 15.2. The van der Waals surface area contributed by atoms with Gasteiger partial charge in [0.05, 0.1) is 5.92 Å². The zero-order valence-electron chi connectivity index (χ0n) is 15.2. The third-order valence-corrected chi connectivity index (χ3v) is 4.11. The number of carboxylic acid groups (broad SMARTS) is 1. The average molecular weight is 355 g/mol. The lowest BCUT2D eigenvalue weighted by molar-refractivity contribution is -0.141. The molecule has 1 amide bonds. The maximum absolute atomic E-state index is 11.8. The van der Waals surface area contributed by atoms with Crippen LogP contribution in [-0.2, 0) is 22.4 Å². The van der Waals surface area contributed by atoms with Gasteiger partial charge in [0.25, 0.3) is 5.91 Å². The molecule has 0 bridgehead atoms. The Balaban J connectivity index is 1.69. The highest BCUT2D eigenvalue weighted by Crippen LogP contribution is 2.15. The molecule has 0 unspecified atom stereocenters. The number of ether oxygens (including phenoxy) is 1. The molecule has 0 aromatic heterocycles. The Morgan fingerprint density at radius 1 is 1.04 bits per heavy atom. The molecule has 0 spiro atoms. The summed E-state index contributed by atoms with van der Waals surface area (Å²) >= 11 is 0. The number of carbonyl (C=O) groups is 2. The normalized spacial score (nSPS) is 11.6. The summed E-state index contributed by atoms with van der Waals surface area (Å²) in [5, 5.41) is 11.8. The highest BCUT2D eigenvalue weighted by atomic mass is 16.5. The van der Waals surface area contributed by atoms with Crippen molar-refractivity contribution in [1.29, 1.82) is 0 Å². The van der Waals surface area contributed by atoms with E-state index in [4.69, 9.17) is 9.84 Å². The minimum atomic E-state index is -0.812. The number of carboxylic acids is 1. The fraction of sp³-hybridized carbons (Fsp3) is 0.333. The van der Waals surface area contributed by atoms with Crippen molar-refractivity contribution >= 4 is 11.9 Å². The van der Waals surface area contributed by atoms with Gasteiger partial charge in [-0.1, -0.05) is 48.9 Å². The first kappa shape index (κ1) is 19.5. The van der Waals surface area contributed by atoms with E-state index in [2.05, 4.69) is 29.6 Å². The summed E-state index contributed by atoms with van der Waals surface area (Å²) in [6, 6.07) is 15.4.